The molecule has 1 atom stereocenters. The Morgan fingerprint density at radius 1 is 1.19 bits per heavy atom. The molecule has 2 heteroatoms. The maximum atomic E-state index is 5.88. The summed E-state index contributed by atoms with van der Waals surface area (Å²) in [4.78, 5) is 0. The Labute approximate surface area is 95.2 Å². The van der Waals surface area contributed by atoms with E-state index in [0.29, 0.717) is 0 Å². The van der Waals surface area contributed by atoms with Gasteiger partial charge in [-0.2, -0.15) is 0 Å². The lowest BCUT2D eigenvalue weighted by Crippen LogP contribution is -1.98. The SMILES string of the molecule is C1=CC(Oc2ccccc2C2CO2)=CCC1. The van der Waals surface area contributed by atoms with Crippen LogP contribution in [0.1, 0.15) is 24.5 Å². The third-order valence-corrected chi connectivity index (χ3v) is 2.79. The van der Waals surface area contributed by atoms with Crippen LogP contribution >= 0.6 is 0 Å². The van der Waals surface area contributed by atoms with E-state index in [1.807, 2.05) is 24.3 Å². The van der Waals surface area contributed by atoms with E-state index in [1.165, 1.54) is 0 Å². The summed E-state index contributed by atoms with van der Waals surface area (Å²) < 4.78 is 11.2. The molecule has 1 aromatic carbocycles. The van der Waals surface area contributed by atoms with Crippen LogP contribution in [0.25, 0.3) is 0 Å². The van der Waals surface area contributed by atoms with E-state index < -0.39 is 0 Å². The third kappa shape index (κ3) is 2.02. The summed E-state index contributed by atoms with van der Waals surface area (Å²) in [5.41, 5.74) is 1.15. The van der Waals surface area contributed by atoms with Gasteiger partial charge in [0.2, 0.25) is 0 Å². The van der Waals surface area contributed by atoms with Gasteiger partial charge in [0.1, 0.15) is 17.6 Å². The van der Waals surface area contributed by atoms with Crippen molar-refractivity contribution in [1.29, 1.82) is 0 Å². The Balaban J connectivity index is 1.83. The Morgan fingerprint density at radius 3 is 2.81 bits per heavy atom. The molecule has 0 bridgehead atoms. The lowest BCUT2D eigenvalue weighted by atomic mass is 10.1. The average Bonchev–Trinajstić information content (AvgIpc) is 3.15. The summed E-state index contributed by atoms with van der Waals surface area (Å²) in [7, 11) is 0. The second-order valence-corrected chi connectivity index (χ2v) is 4.05. The highest BCUT2D eigenvalue weighted by molar-refractivity contribution is 5.39. The number of epoxide rings is 1. The van der Waals surface area contributed by atoms with Crippen LogP contribution in [0.2, 0.25) is 0 Å². The van der Waals surface area contributed by atoms with Crippen LogP contribution in [0.3, 0.4) is 0 Å². The topological polar surface area (TPSA) is 21.8 Å². The molecule has 82 valence electrons. The second kappa shape index (κ2) is 4.14. The van der Waals surface area contributed by atoms with Crippen LogP contribution in [0.15, 0.2) is 48.3 Å². The molecule has 0 amide bonds. The molecule has 0 N–H and O–H groups in total. The van der Waals surface area contributed by atoms with Gasteiger partial charge in [-0.1, -0.05) is 24.3 Å². The maximum absolute atomic E-state index is 5.88. The van der Waals surface area contributed by atoms with E-state index in [4.69, 9.17) is 9.47 Å². The van der Waals surface area contributed by atoms with E-state index in [9.17, 15) is 0 Å². The summed E-state index contributed by atoms with van der Waals surface area (Å²) >= 11 is 0. The molecule has 1 heterocycles. The van der Waals surface area contributed by atoms with Crippen molar-refractivity contribution in [1.82, 2.24) is 0 Å². The second-order valence-electron chi connectivity index (χ2n) is 4.05. The molecule has 1 aliphatic carbocycles. The van der Waals surface area contributed by atoms with Crippen LogP contribution in [-0.4, -0.2) is 6.61 Å². The molecule has 1 saturated heterocycles. The predicted octanol–water partition coefficient (Wildman–Crippen LogP) is 3.37. The molecule has 1 aliphatic heterocycles. The third-order valence-electron chi connectivity index (χ3n) is 2.79. The molecule has 0 aromatic heterocycles. The number of hydrogen-bond donors (Lipinski definition) is 0. The van der Waals surface area contributed by atoms with Gasteiger partial charge in [-0.05, 0) is 31.1 Å². The highest BCUT2D eigenvalue weighted by Gasteiger charge is 2.28. The Hall–Kier alpha value is -1.54. The molecule has 0 spiro atoms. The zero-order chi connectivity index (χ0) is 10.8. The molecular weight excluding hydrogens is 200 g/mol. The van der Waals surface area contributed by atoms with Gasteiger partial charge in [0.05, 0.1) is 6.61 Å². The summed E-state index contributed by atoms with van der Waals surface area (Å²) in [6.45, 7) is 0.815. The van der Waals surface area contributed by atoms with Crippen LogP contribution in [0.4, 0.5) is 0 Å². The normalized spacial score (nSPS) is 22.8. The van der Waals surface area contributed by atoms with Gasteiger partial charge in [0.15, 0.2) is 0 Å². The highest BCUT2D eigenvalue weighted by atomic mass is 16.6. The zero-order valence-electron chi connectivity index (χ0n) is 9.06. The van der Waals surface area contributed by atoms with Gasteiger partial charge in [0, 0.05) is 5.56 Å². The zero-order valence-corrected chi connectivity index (χ0v) is 9.06. The number of para-hydroxylation sites is 1. The molecule has 0 radical (unpaired) electrons. The fraction of sp³-hybridized carbons (Fsp3) is 0.286. The van der Waals surface area contributed by atoms with E-state index >= 15 is 0 Å². The van der Waals surface area contributed by atoms with Crippen molar-refractivity contribution in [3.8, 4) is 5.75 Å². The number of allylic oxidation sites excluding steroid dienone is 3. The largest absolute Gasteiger partial charge is 0.457 e. The molecule has 2 aliphatic rings. The van der Waals surface area contributed by atoms with Crippen LogP contribution in [-0.2, 0) is 4.74 Å². The maximum Gasteiger partial charge on any atom is 0.133 e. The standard InChI is InChI=1S/C14H14O2/c1-2-6-11(7-3-1)16-13-9-5-4-8-12(13)14-10-15-14/h2,4-9,14H,1,3,10H2. The highest BCUT2D eigenvalue weighted by Crippen LogP contribution is 2.36. The number of rotatable bonds is 3. The number of benzene rings is 1. The first-order valence-corrected chi connectivity index (χ1v) is 5.68. The molecule has 3 rings (SSSR count). The lowest BCUT2D eigenvalue weighted by molar-refractivity contribution is 0.394. The molecule has 0 saturated carbocycles. The smallest absolute Gasteiger partial charge is 0.133 e. The molecule has 1 fully saturated rings. The Morgan fingerprint density at radius 2 is 2.06 bits per heavy atom. The molecule has 1 unspecified atom stereocenters. The number of hydrogen-bond acceptors (Lipinski definition) is 2. The van der Waals surface area contributed by atoms with Crippen LogP contribution < -0.4 is 4.74 Å². The first kappa shape index (κ1) is 9.67. The predicted molar refractivity (Wildman–Crippen MR) is 62.2 cm³/mol. The average molecular weight is 214 g/mol. The molecule has 1 aromatic rings. The van der Waals surface area contributed by atoms with Gasteiger partial charge in [-0.25, -0.2) is 0 Å². The van der Waals surface area contributed by atoms with Crippen molar-refractivity contribution in [2.75, 3.05) is 6.61 Å². The minimum atomic E-state index is 0.240. The quantitative estimate of drug-likeness (QED) is 0.719. The summed E-state index contributed by atoms with van der Waals surface area (Å²) in [6, 6.07) is 8.09. The lowest BCUT2D eigenvalue weighted by Gasteiger charge is -2.12. The first-order chi connectivity index (χ1) is 7.93. The van der Waals surface area contributed by atoms with E-state index in [1.54, 1.807) is 0 Å². The van der Waals surface area contributed by atoms with Crippen molar-refractivity contribution in [3.05, 3.63) is 53.8 Å². The Bertz CT molecular complexity index is 442. The summed E-state index contributed by atoms with van der Waals surface area (Å²) in [6.07, 6.45) is 8.72. The fourth-order valence-electron chi connectivity index (χ4n) is 1.86. The fourth-order valence-corrected chi connectivity index (χ4v) is 1.86. The van der Waals surface area contributed by atoms with E-state index in [0.717, 1.165) is 36.5 Å². The van der Waals surface area contributed by atoms with Gasteiger partial charge < -0.3 is 9.47 Å². The Kier molecular flexibility index (Phi) is 2.50. The van der Waals surface area contributed by atoms with Crippen molar-refractivity contribution in [3.63, 3.8) is 0 Å². The van der Waals surface area contributed by atoms with Crippen molar-refractivity contribution < 1.29 is 9.47 Å². The summed E-state index contributed by atoms with van der Waals surface area (Å²) in [5, 5.41) is 0. The van der Waals surface area contributed by atoms with Gasteiger partial charge in [-0.15, -0.1) is 0 Å². The minimum Gasteiger partial charge on any atom is -0.457 e. The van der Waals surface area contributed by atoms with E-state index in [2.05, 4.69) is 18.2 Å². The summed E-state index contributed by atoms with van der Waals surface area (Å²) in [5.74, 6) is 1.86. The van der Waals surface area contributed by atoms with Gasteiger partial charge in [0.25, 0.3) is 0 Å². The van der Waals surface area contributed by atoms with Gasteiger partial charge >= 0.3 is 0 Å². The minimum absolute atomic E-state index is 0.240. The van der Waals surface area contributed by atoms with Gasteiger partial charge in [-0.3, -0.25) is 0 Å². The number of ether oxygens (including phenoxy) is 2. The molecule has 2 nitrogen and oxygen atoms in total. The first-order valence-electron chi connectivity index (χ1n) is 5.68. The molecular formula is C14H14O2. The van der Waals surface area contributed by atoms with E-state index in [-0.39, 0.29) is 6.10 Å². The monoisotopic (exact) mass is 214 g/mol. The molecule has 16 heavy (non-hydrogen) atoms. The van der Waals surface area contributed by atoms with Crippen molar-refractivity contribution in [2.45, 2.75) is 18.9 Å². The van der Waals surface area contributed by atoms with Crippen LogP contribution in [0.5, 0.6) is 5.75 Å². The van der Waals surface area contributed by atoms with Crippen molar-refractivity contribution in [2.24, 2.45) is 0 Å². The van der Waals surface area contributed by atoms with Crippen molar-refractivity contribution >= 4 is 0 Å². The van der Waals surface area contributed by atoms with Crippen LogP contribution in [0, 0.1) is 0 Å².